The minimum absolute atomic E-state index is 0. The predicted molar refractivity (Wildman–Crippen MR) is 192 cm³/mol. The van der Waals surface area contributed by atoms with Crippen LogP contribution in [-0.4, -0.2) is 19.9 Å². The Morgan fingerprint density at radius 2 is 0.789 bits per heavy atom. The van der Waals surface area contributed by atoms with Gasteiger partial charge < -0.3 is 9.97 Å². The molecule has 15 heteroatoms. The first-order valence-electron chi connectivity index (χ1n) is 16.7. The van der Waals surface area contributed by atoms with Crippen molar-refractivity contribution in [3.8, 4) is 33.9 Å². The van der Waals surface area contributed by atoms with Crippen molar-refractivity contribution < 1.29 is 64.0 Å². The van der Waals surface area contributed by atoms with E-state index in [1.54, 1.807) is 0 Å². The standard InChI is InChI=1S/C18H24N2.2C12H5F5N.Ir/c1-17(2,3)13-7-9-19-15(11-13)16-12-14(8-10-20-16)18(4,5)6;2*13-8-2-3-9(10(14)5-8)11-4-1-7(6-18-11)12(15,16)17;/h7-12H,1-6H3;2*1-2,4-6H;/q;2*-1;+3. The number of hydrogen-bond acceptors (Lipinski definition) is 4. The second kappa shape index (κ2) is 18.5. The third kappa shape index (κ3) is 13.0. The Hall–Kier alpha value is -5.01. The SMILES string of the molecule is CC(C)(C)c1ccnc(-c2cc(C(C)(C)C)ccn2)c1.Fc1c[c-]c(-c2ccc(C(F)(F)F)cn2)c(F)c1.Fc1c[c-]c(-c2ccc(C(F)(F)F)cn2)c(F)c1.[Ir+3]. The van der Waals surface area contributed by atoms with Gasteiger partial charge >= 0.3 is 32.5 Å². The first kappa shape index (κ1) is 46.4. The molecule has 0 radical (unpaired) electrons. The van der Waals surface area contributed by atoms with Crippen molar-refractivity contribution in [2.24, 2.45) is 0 Å². The fourth-order valence-corrected chi connectivity index (χ4v) is 4.78. The molecule has 0 aliphatic carbocycles. The molecule has 57 heavy (non-hydrogen) atoms. The smallest absolute Gasteiger partial charge is 0.304 e. The molecule has 300 valence electrons. The Labute approximate surface area is 336 Å². The fraction of sp³-hybridized carbons (Fsp3) is 0.238. The number of nitrogens with zero attached hydrogens (tertiary/aromatic N) is 4. The molecule has 6 rings (SSSR count). The molecule has 0 aliphatic rings. The summed E-state index contributed by atoms with van der Waals surface area (Å²) in [5, 5.41) is 0. The van der Waals surface area contributed by atoms with E-state index in [4.69, 9.17) is 0 Å². The molecule has 0 aliphatic heterocycles. The predicted octanol–water partition coefficient (Wildman–Crippen LogP) is 12.4. The summed E-state index contributed by atoms with van der Waals surface area (Å²) in [6.07, 6.45) is -4.08. The average molecular weight is 977 g/mol. The number of pyridine rings is 4. The van der Waals surface area contributed by atoms with Gasteiger partial charge in [0.2, 0.25) is 0 Å². The molecule has 0 spiro atoms. The van der Waals surface area contributed by atoms with Gasteiger partial charge in [0.25, 0.3) is 0 Å². The Morgan fingerprint density at radius 1 is 0.439 bits per heavy atom. The summed E-state index contributed by atoms with van der Waals surface area (Å²) in [7, 11) is 0. The van der Waals surface area contributed by atoms with E-state index in [2.05, 4.69) is 97.9 Å². The Bertz CT molecular complexity index is 2080. The van der Waals surface area contributed by atoms with E-state index in [1.807, 2.05) is 12.4 Å². The van der Waals surface area contributed by atoms with Gasteiger partial charge in [-0.1, -0.05) is 89.1 Å². The molecular weight excluding hydrogens is 943 g/mol. The van der Waals surface area contributed by atoms with Gasteiger partial charge in [0.15, 0.2) is 0 Å². The summed E-state index contributed by atoms with van der Waals surface area (Å²) < 4.78 is 126. The minimum atomic E-state index is -4.50. The summed E-state index contributed by atoms with van der Waals surface area (Å²) in [5.41, 5.74) is 2.40. The minimum Gasteiger partial charge on any atom is -0.304 e. The zero-order chi connectivity index (χ0) is 41.6. The molecule has 0 amide bonds. The van der Waals surface area contributed by atoms with Crippen LogP contribution in [-0.2, 0) is 43.3 Å². The third-order valence-corrected chi connectivity index (χ3v) is 7.92. The first-order valence-corrected chi connectivity index (χ1v) is 16.7. The van der Waals surface area contributed by atoms with Crippen LogP contribution in [0.25, 0.3) is 33.9 Å². The zero-order valence-electron chi connectivity index (χ0n) is 31.1. The molecule has 4 aromatic heterocycles. The molecule has 0 atom stereocenters. The van der Waals surface area contributed by atoms with Gasteiger partial charge in [0.05, 0.1) is 22.5 Å². The molecule has 0 N–H and O–H groups in total. The maximum absolute atomic E-state index is 13.3. The zero-order valence-corrected chi connectivity index (χ0v) is 33.5. The van der Waals surface area contributed by atoms with Crippen LogP contribution < -0.4 is 0 Å². The van der Waals surface area contributed by atoms with Crippen LogP contribution >= 0.6 is 0 Å². The number of alkyl halides is 6. The summed E-state index contributed by atoms with van der Waals surface area (Å²) in [6, 6.07) is 19.6. The second-order valence-electron chi connectivity index (χ2n) is 14.3. The molecule has 6 aromatic rings. The van der Waals surface area contributed by atoms with Crippen LogP contribution in [0.3, 0.4) is 0 Å². The quantitative estimate of drug-likeness (QED) is 0.131. The van der Waals surface area contributed by atoms with Crippen LogP contribution in [0.5, 0.6) is 0 Å². The monoisotopic (exact) mass is 977 g/mol. The van der Waals surface area contributed by atoms with Crippen LogP contribution in [0.15, 0.2) is 97.6 Å². The summed E-state index contributed by atoms with van der Waals surface area (Å²) in [4.78, 5) is 16.0. The topological polar surface area (TPSA) is 51.6 Å². The van der Waals surface area contributed by atoms with E-state index in [0.717, 1.165) is 47.8 Å². The van der Waals surface area contributed by atoms with Gasteiger partial charge in [-0.15, -0.1) is 24.3 Å². The fourth-order valence-electron chi connectivity index (χ4n) is 4.78. The van der Waals surface area contributed by atoms with Crippen LogP contribution in [0.1, 0.15) is 63.8 Å². The molecule has 0 saturated carbocycles. The molecule has 0 bridgehead atoms. The normalized spacial score (nSPS) is 11.7. The van der Waals surface area contributed by atoms with Crippen molar-refractivity contribution in [1.82, 2.24) is 19.9 Å². The van der Waals surface area contributed by atoms with E-state index in [0.29, 0.717) is 24.5 Å². The van der Waals surface area contributed by atoms with Crippen LogP contribution in [0.4, 0.5) is 43.9 Å². The summed E-state index contributed by atoms with van der Waals surface area (Å²) in [6.45, 7) is 13.3. The van der Waals surface area contributed by atoms with E-state index < -0.39 is 46.7 Å². The maximum atomic E-state index is 13.3. The molecule has 0 saturated heterocycles. The van der Waals surface area contributed by atoms with Crippen molar-refractivity contribution in [2.45, 2.75) is 64.7 Å². The van der Waals surface area contributed by atoms with E-state index in [-0.39, 0.29) is 53.5 Å². The van der Waals surface area contributed by atoms with Crippen molar-refractivity contribution in [1.29, 1.82) is 0 Å². The van der Waals surface area contributed by atoms with E-state index in [9.17, 15) is 43.9 Å². The molecule has 0 unspecified atom stereocenters. The third-order valence-electron chi connectivity index (χ3n) is 7.92. The van der Waals surface area contributed by atoms with Crippen LogP contribution in [0.2, 0.25) is 0 Å². The second-order valence-corrected chi connectivity index (χ2v) is 14.3. The van der Waals surface area contributed by atoms with Gasteiger partial charge in [0, 0.05) is 48.1 Å². The van der Waals surface area contributed by atoms with Crippen molar-refractivity contribution in [2.75, 3.05) is 0 Å². The Kier molecular flexibility index (Phi) is 15.1. The Morgan fingerprint density at radius 3 is 1.05 bits per heavy atom. The molecule has 0 fully saturated rings. The first-order chi connectivity index (χ1) is 25.9. The number of aromatic nitrogens is 4. The van der Waals surface area contributed by atoms with E-state index >= 15 is 0 Å². The van der Waals surface area contributed by atoms with Gasteiger partial charge in [-0.25, -0.2) is 0 Å². The van der Waals surface area contributed by atoms with Gasteiger partial charge in [0.1, 0.15) is 0 Å². The molecule has 4 nitrogen and oxygen atoms in total. The average Bonchev–Trinajstić information content (AvgIpc) is 3.11. The van der Waals surface area contributed by atoms with Crippen LogP contribution in [0, 0.1) is 35.4 Å². The van der Waals surface area contributed by atoms with Gasteiger partial charge in [-0.05, 0) is 57.6 Å². The number of halogens is 10. The Balaban J connectivity index is 0.000000227. The molecular formula is C42H34F10IrN4+. The van der Waals surface area contributed by atoms with Crippen molar-refractivity contribution in [3.05, 3.63) is 155 Å². The molecule has 4 heterocycles. The van der Waals surface area contributed by atoms with Crippen molar-refractivity contribution >= 4 is 0 Å². The molecule has 2 aromatic carbocycles. The largest absolute Gasteiger partial charge is 3.00 e. The number of benzene rings is 2. The van der Waals surface area contributed by atoms with Gasteiger partial charge in [-0.2, -0.15) is 26.3 Å². The number of rotatable bonds is 3. The number of hydrogen-bond donors (Lipinski definition) is 0. The van der Waals surface area contributed by atoms with Crippen molar-refractivity contribution in [3.63, 3.8) is 0 Å². The maximum Gasteiger partial charge on any atom is 3.00 e. The summed E-state index contributed by atoms with van der Waals surface area (Å²) >= 11 is 0. The summed E-state index contributed by atoms with van der Waals surface area (Å²) in [5.74, 6) is -3.49. The van der Waals surface area contributed by atoms with E-state index in [1.165, 1.54) is 11.1 Å². The van der Waals surface area contributed by atoms with Gasteiger partial charge in [-0.3, -0.25) is 27.5 Å².